The standard InChI is InChI=1S/C26H24N4O6S/c1-2-3-16-36-21-8-10-22(11-9-21)37(34,35)30-17-20-6-4-5-7-23(20)29(18-24(30)25(31)28-33)26(32)19-12-14-27-15-13-19/h4-15,24,33H,16-18H2,1H3,(H,28,31). The predicted molar refractivity (Wildman–Crippen MR) is 134 cm³/mol. The maximum Gasteiger partial charge on any atom is 0.263 e. The molecule has 0 fully saturated rings. The van der Waals surface area contributed by atoms with E-state index in [0.29, 0.717) is 22.6 Å². The average molecular weight is 521 g/mol. The van der Waals surface area contributed by atoms with Crippen LogP contribution in [0.5, 0.6) is 5.75 Å². The summed E-state index contributed by atoms with van der Waals surface area (Å²) in [6.07, 6.45) is 2.93. The molecule has 0 aliphatic carbocycles. The number of anilines is 1. The first-order chi connectivity index (χ1) is 17.9. The van der Waals surface area contributed by atoms with Crippen LogP contribution >= 0.6 is 0 Å². The Morgan fingerprint density at radius 1 is 1.11 bits per heavy atom. The highest BCUT2D eigenvalue weighted by atomic mass is 32.2. The van der Waals surface area contributed by atoms with Gasteiger partial charge < -0.3 is 9.64 Å². The summed E-state index contributed by atoms with van der Waals surface area (Å²) < 4.78 is 34.0. The molecule has 11 heteroatoms. The molecule has 0 saturated carbocycles. The van der Waals surface area contributed by atoms with E-state index in [2.05, 4.69) is 16.8 Å². The van der Waals surface area contributed by atoms with E-state index in [1.807, 2.05) is 0 Å². The maximum absolute atomic E-state index is 13.8. The van der Waals surface area contributed by atoms with Gasteiger partial charge in [0.1, 0.15) is 18.4 Å². The first kappa shape index (κ1) is 25.8. The number of ether oxygens (including phenoxy) is 1. The molecular formula is C26H24N4O6S. The number of benzene rings is 2. The number of para-hydroxylation sites is 1. The second kappa shape index (κ2) is 11.2. The zero-order chi connectivity index (χ0) is 26.4. The lowest BCUT2D eigenvalue weighted by atomic mass is 10.1. The second-order valence-corrected chi connectivity index (χ2v) is 9.90. The molecule has 0 radical (unpaired) electrons. The van der Waals surface area contributed by atoms with Crippen LogP contribution < -0.4 is 15.1 Å². The van der Waals surface area contributed by atoms with Crippen molar-refractivity contribution in [1.82, 2.24) is 14.8 Å². The highest BCUT2D eigenvalue weighted by molar-refractivity contribution is 7.89. The lowest BCUT2D eigenvalue weighted by molar-refractivity contribution is -0.133. The third-order valence-electron chi connectivity index (χ3n) is 5.82. The van der Waals surface area contributed by atoms with Crippen LogP contribution in [-0.4, -0.2) is 53.9 Å². The number of aromatic nitrogens is 1. The Hall–Kier alpha value is -4.24. The number of hydrogen-bond acceptors (Lipinski definition) is 7. The Morgan fingerprint density at radius 3 is 2.49 bits per heavy atom. The first-order valence-electron chi connectivity index (χ1n) is 11.2. The molecule has 1 aliphatic rings. The SMILES string of the molecule is CC#CCOc1ccc(S(=O)(=O)N2Cc3ccccc3N(C(=O)c3ccncc3)CC2C(=O)NO)cc1. The fourth-order valence-corrected chi connectivity index (χ4v) is 5.52. The Bertz CT molecular complexity index is 1450. The fourth-order valence-electron chi connectivity index (χ4n) is 3.97. The lowest BCUT2D eigenvalue weighted by Gasteiger charge is -2.29. The molecule has 0 saturated heterocycles. The van der Waals surface area contributed by atoms with Crippen molar-refractivity contribution in [2.24, 2.45) is 0 Å². The molecule has 2 amide bonds. The van der Waals surface area contributed by atoms with Crippen molar-refractivity contribution in [3.05, 3.63) is 84.2 Å². The van der Waals surface area contributed by atoms with Gasteiger partial charge in [-0.25, -0.2) is 13.9 Å². The van der Waals surface area contributed by atoms with E-state index in [1.165, 1.54) is 53.7 Å². The van der Waals surface area contributed by atoms with Crippen molar-refractivity contribution in [1.29, 1.82) is 0 Å². The molecule has 2 N–H and O–H groups in total. The molecule has 3 aromatic rings. The number of amides is 2. The van der Waals surface area contributed by atoms with Gasteiger partial charge in [-0.05, 0) is 55.0 Å². The number of carbonyl (C=O) groups excluding carboxylic acids is 2. The number of carbonyl (C=O) groups is 2. The minimum Gasteiger partial charge on any atom is -0.481 e. The van der Waals surface area contributed by atoms with Crippen LogP contribution in [0.25, 0.3) is 0 Å². The van der Waals surface area contributed by atoms with E-state index in [-0.39, 0.29) is 24.6 Å². The summed E-state index contributed by atoms with van der Waals surface area (Å²) in [6.45, 7) is 1.30. The molecule has 1 atom stereocenters. The van der Waals surface area contributed by atoms with Gasteiger partial charge in [0, 0.05) is 30.2 Å². The summed E-state index contributed by atoms with van der Waals surface area (Å²) in [6, 6.07) is 14.2. The normalized spacial score (nSPS) is 15.5. The Morgan fingerprint density at radius 2 is 1.81 bits per heavy atom. The molecule has 2 aromatic carbocycles. The van der Waals surface area contributed by atoms with Gasteiger partial charge in [0.2, 0.25) is 10.0 Å². The number of rotatable bonds is 6. The summed E-state index contributed by atoms with van der Waals surface area (Å²) in [4.78, 5) is 31.5. The summed E-state index contributed by atoms with van der Waals surface area (Å²) in [5.74, 6) is 4.48. The van der Waals surface area contributed by atoms with Crippen molar-refractivity contribution < 1.29 is 28.0 Å². The first-order valence-corrected chi connectivity index (χ1v) is 12.7. The molecule has 190 valence electrons. The van der Waals surface area contributed by atoms with Gasteiger partial charge in [0.05, 0.1) is 11.4 Å². The molecule has 1 unspecified atom stereocenters. The van der Waals surface area contributed by atoms with E-state index in [0.717, 1.165) is 4.31 Å². The Kier molecular flexibility index (Phi) is 7.83. The van der Waals surface area contributed by atoms with Crippen molar-refractivity contribution in [3.8, 4) is 17.6 Å². The third-order valence-corrected chi connectivity index (χ3v) is 7.68. The van der Waals surface area contributed by atoms with Crippen LogP contribution in [0.2, 0.25) is 0 Å². The van der Waals surface area contributed by atoms with Gasteiger partial charge in [-0.15, -0.1) is 5.92 Å². The maximum atomic E-state index is 13.8. The number of hydroxylamine groups is 1. The van der Waals surface area contributed by atoms with Gasteiger partial charge >= 0.3 is 0 Å². The fraction of sp³-hybridized carbons (Fsp3) is 0.192. The molecular weight excluding hydrogens is 496 g/mol. The van der Waals surface area contributed by atoms with Gasteiger partial charge in [-0.3, -0.25) is 19.8 Å². The minimum atomic E-state index is -4.26. The topological polar surface area (TPSA) is 129 Å². The third kappa shape index (κ3) is 5.46. The molecule has 1 aromatic heterocycles. The van der Waals surface area contributed by atoms with Crippen molar-refractivity contribution in [2.75, 3.05) is 18.1 Å². The van der Waals surface area contributed by atoms with E-state index >= 15 is 0 Å². The molecule has 10 nitrogen and oxygen atoms in total. The van der Waals surface area contributed by atoms with E-state index in [1.54, 1.807) is 36.7 Å². The number of hydrogen-bond donors (Lipinski definition) is 2. The highest BCUT2D eigenvalue weighted by Gasteiger charge is 2.41. The van der Waals surface area contributed by atoms with E-state index in [4.69, 9.17) is 4.74 Å². The molecule has 0 bridgehead atoms. The molecule has 2 heterocycles. The number of fused-ring (bicyclic) bond motifs is 1. The largest absolute Gasteiger partial charge is 0.481 e. The summed E-state index contributed by atoms with van der Waals surface area (Å²) >= 11 is 0. The van der Waals surface area contributed by atoms with Crippen LogP contribution in [0, 0.1) is 11.8 Å². The second-order valence-electron chi connectivity index (χ2n) is 8.01. The minimum absolute atomic E-state index is 0.0800. The number of nitrogens with one attached hydrogen (secondary N) is 1. The van der Waals surface area contributed by atoms with Crippen LogP contribution in [0.15, 0.2) is 78.0 Å². The molecule has 0 spiro atoms. The quantitative estimate of drug-likeness (QED) is 0.290. The van der Waals surface area contributed by atoms with Crippen LogP contribution in [0.4, 0.5) is 5.69 Å². The van der Waals surface area contributed by atoms with E-state index in [9.17, 15) is 23.2 Å². The molecule has 37 heavy (non-hydrogen) atoms. The van der Waals surface area contributed by atoms with E-state index < -0.39 is 27.9 Å². The van der Waals surface area contributed by atoms with Crippen LogP contribution in [0.3, 0.4) is 0 Å². The van der Waals surface area contributed by atoms with Gasteiger partial charge in [0.25, 0.3) is 11.8 Å². The van der Waals surface area contributed by atoms with Crippen molar-refractivity contribution in [3.63, 3.8) is 0 Å². The van der Waals surface area contributed by atoms with Crippen LogP contribution in [-0.2, 0) is 21.4 Å². The molecule has 4 rings (SSSR count). The number of nitrogens with zero attached hydrogens (tertiary/aromatic N) is 3. The van der Waals surface area contributed by atoms with Gasteiger partial charge in [-0.1, -0.05) is 24.1 Å². The number of sulfonamides is 1. The smallest absolute Gasteiger partial charge is 0.263 e. The summed E-state index contributed by atoms with van der Waals surface area (Å²) in [5.41, 5.74) is 2.84. The summed E-state index contributed by atoms with van der Waals surface area (Å²) in [5, 5.41) is 9.47. The Labute approximate surface area is 214 Å². The van der Waals surface area contributed by atoms with Gasteiger partial charge in [-0.2, -0.15) is 4.31 Å². The molecule has 1 aliphatic heterocycles. The zero-order valence-electron chi connectivity index (χ0n) is 19.9. The van der Waals surface area contributed by atoms with Crippen LogP contribution in [0.1, 0.15) is 22.8 Å². The number of pyridine rings is 1. The Balaban J connectivity index is 1.75. The van der Waals surface area contributed by atoms with Crippen molar-refractivity contribution in [2.45, 2.75) is 24.4 Å². The highest BCUT2D eigenvalue weighted by Crippen LogP contribution is 2.32. The zero-order valence-corrected chi connectivity index (χ0v) is 20.7. The monoisotopic (exact) mass is 520 g/mol. The summed E-state index contributed by atoms with van der Waals surface area (Å²) in [7, 11) is -4.26. The van der Waals surface area contributed by atoms with Crippen molar-refractivity contribution >= 4 is 27.5 Å². The predicted octanol–water partition coefficient (Wildman–Crippen LogP) is 2.21. The van der Waals surface area contributed by atoms with Gasteiger partial charge in [0.15, 0.2) is 0 Å². The lowest BCUT2D eigenvalue weighted by Crippen LogP contribution is -2.53. The average Bonchev–Trinajstić information content (AvgIpc) is 3.11.